The number of pyridine rings is 3. The molecule has 1 saturated heterocycles. The van der Waals surface area contributed by atoms with Crippen LogP contribution in [0.25, 0.3) is 22.6 Å². The van der Waals surface area contributed by atoms with Gasteiger partial charge in [-0.15, -0.1) is 0 Å². The molecule has 0 saturated carbocycles. The number of rotatable bonds is 5. The van der Waals surface area contributed by atoms with Crippen LogP contribution in [-0.4, -0.2) is 63.1 Å². The predicted octanol–water partition coefficient (Wildman–Crippen LogP) is 3.51. The van der Waals surface area contributed by atoms with E-state index in [0.29, 0.717) is 11.5 Å². The highest BCUT2D eigenvalue weighted by molar-refractivity contribution is 9.10. The second-order valence-electron chi connectivity index (χ2n) is 7.45. The third-order valence-corrected chi connectivity index (χ3v) is 6.06. The first-order valence-corrected chi connectivity index (χ1v) is 10.9. The summed E-state index contributed by atoms with van der Waals surface area (Å²) in [5, 5.41) is 0. The average Bonchev–Trinajstić information content (AvgIpc) is 3.25. The highest BCUT2D eigenvalue weighted by atomic mass is 79.9. The van der Waals surface area contributed by atoms with E-state index in [1.54, 1.807) is 13.3 Å². The molecular weight excluding hydrogens is 458 g/mol. The SMILES string of the molecule is COc1ccc(-c2nc3ncc(Br)c(N4CCN(Cc5cccnc5)CC4)c3[nH]2)cn1. The van der Waals surface area contributed by atoms with Crippen molar-refractivity contribution in [3.8, 4) is 17.3 Å². The van der Waals surface area contributed by atoms with E-state index in [2.05, 4.69) is 51.7 Å². The van der Waals surface area contributed by atoms with Gasteiger partial charge in [0.25, 0.3) is 0 Å². The summed E-state index contributed by atoms with van der Waals surface area (Å²) in [5.41, 5.74) is 4.87. The zero-order valence-electron chi connectivity index (χ0n) is 17.1. The molecule has 5 rings (SSSR count). The lowest BCUT2D eigenvalue weighted by Crippen LogP contribution is -2.46. The first-order valence-electron chi connectivity index (χ1n) is 10.1. The summed E-state index contributed by atoms with van der Waals surface area (Å²) in [6, 6.07) is 7.89. The van der Waals surface area contributed by atoms with Crippen molar-refractivity contribution in [2.24, 2.45) is 0 Å². The molecule has 4 aromatic rings. The Morgan fingerprint density at radius 1 is 1.06 bits per heavy atom. The lowest BCUT2D eigenvalue weighted by atomic mass is 10.2. The van der Waals surface area contributed by atoms with E-state index in [-0.39, 0.29) is 0 Å². The van der Waals surface area contributed by atoms with Crippen LogP contribution in [0.3, 0.4) is 0 Å². The number of H-pyrrole nitrogens is 1. The minimum absolute atomic E-state index is 0.575. The van der Waals surface area contributed by atoms with E-state index < -0.39 is 0 Å². The number of imidazole rings is 1. The third-order valence-electron chi connectivity index (χ3n) is 5.48. The van der Waals surface area contributed by atoms with Crippen molar-refractivity contribution < 1.29 is 4.74 Å². The molecule has 1 fully saturated rings. The van der Waals surface area contributed by atoms with E-state index in [4.69, 9.17) is 9.72 Å². The fraction of sp³-hybridized carbons (Fsp3) is 0.273. The van der Waals surface area contributed by atoms with E-state index >= 15 is 0 Å². The van der Waals surface area contributed by atoms with Crippen molar-refractivity contribution in [1.82, 2.24) is 29.8 Å². The van der Waals surface area contributed by atoms with Crippen molar-refractivity contribution in [2.45, 2.75) is 6.54 Å². The maximum Gasteiger partial charge on any atom is 0.212 e. The number of piperazine rings is 1. The molecule has 5 heterocycles. The molecule has 0 aromatic carbocycles. The summed E-state index contributed by atoms with van der Waals surface area (Å²) in [6.07, 6.45) is 7.34. The summed E-state index contributed by atoms with van der Waals surface area (Å²) in [6.45, 7) is 4.74. The number of halogens is 1. The number of nitrogens with zero attached hydrogens (tertiary/aromatic N) is 6. The Bertz CT molecular complexity index is 1170. The van der Waals surface area contributed by atoms with Crippen LogP contribution in [0.4, 0.5) is 5.69 Å². The number of methoxy groups -OCH3 is 1. The Morgan fingerprint density at radius 3 is 2.65 bits per heavy atom. The van der Waals surface area contributed by atoms with Crippen LogP contribution in [0.1, 0.15) is 5.56 Å². The van der Waals surface area contributed by atoms with Crippen LogP contribution < -0.4 is 9.64 Å². The molecule has 0 amide bonds. The van der Waals surface area contributed by atoms with Crippen LogP contribution in [0.15, 0.2) is 53.5 Å². The molecule has 0 atom stereocenters. The second kappa shape index (κ2) is 8.60. The number of hydrogen-bond donors (Lipinski definition) is 1. The zero-order valence-corrected chi connectivity index (χ0v) is 18.7. The topological polar surface area (TPSA) is 83.1 Å². The van der Waals surface area contributed by atoms with Gasteiger partial charge in [0.15, 0.2) is 5.65 Å². The van der Waals surface area contributed by atoms with Gasteiger partial charge in [-0.1, -0.05) is 6.07 Å². The summed E-state index contributed by atoms with van der Waals surface area (Å²) in [7, 11) is 1.60. The fourth-order valence-corrected chi connectivity index (χ4v) is 4.44. The molecule has 31 heavy (non-hydrogen) atoms. The average molecular weight is 480 g/mol. The number of fused-ring (bicyclic) bond motifs is 1. The van der Waals surface area contributed by atoms with Crippen LogP contribution >= 0.6 is 15.9 Å². The normalized spacial score (nSPS) is 14.8. The highest BCUT2D eigenvalue weighted by Gasteiger charge is 2.23. The molecule has 0 bridgehead atoms. The van der Waals surface area contributed by atoms with E-state index in [0.717, 1.165) is 59.8 Å². The Kier molecular flexibility index (Phi) is 5.52. The van der Waals surface area contributed by atoms with Crippen LogP contribution in [-0.2, 0) is 6.54 Å². The molecule has 1 N–H and O–H groups in total. The van der Waals surface area contributed by atoms with Crippen molar-refractivity contribution >= 4 is 32.8 Å². The van der Waals surface area contributed by atoms with Gasteiger partial charge in [0.2, 0.25) is 5.88 Å². The van der Waals surface area contributed by atoms with Crippen LogP contribution in [0.2, 0.25) is 0 Å². The molecule has 158 valence electrons. The number of ether oxygens (including phenoxy) is 1. The number of anilines is 1. The van der Waals surface area contributed by atoms with Gasteiger partial charge in [-0.25, -0.2) is 15.0 Å². The molecule has 9 heteroatoms. The molecule has 1 aliphatic rings. The van der Waals surface area contributed by atoms with Crippen molar-refractivity contribution in [1.29, 1.82) is 0 Å². The Hall–Kier alpha value is -3.04. The quantitative estimate of drug-likeness (QED) is 0.468. The summed E-state index contributed by atoms with van der Waals surface area (Å²) in [5.74, 6) is 1.32. The Labute approximate surface area is 188 Å². The Balaban J connectivity index is 1.38. The lowest BCUT2D eigenvalue weighted by molar-refractivity contribution is 0.249. The van der Waals surface area contributed by atoms with Gasteiger partial charge in [-0.3, -0.25) is 9.88 Å². The maximum absolute atomic E-state index is 5.15. The minimum atomic E-state index is 0.575. The molecule has 0 spiro atoms. The monoisotopic (exact) mass is 479 g/mol. The van der Waals surface area contributed by atoms with Gasteiger partial charge in [0, 0.05) is 69.1 Å². The molecular formula is C22H22BrN7O. The van der Waals surface area contributed by atoms with E-state index in [9.17, 15) is 0 Å². The molecule has 0 radical (unpaired) electrons. The van der Waals surface area contributed by atoms with Crippen molar-refractivity contribution in [2.75, 3.05) is 38.2 Å². The largest absolute Gasteiger partial charge is 0.481 e. The maximum atomic E-state index is 5.15. The highest BCUT2D eigenvalue weighted by Crippen LogP contribution is 2.34. The second-order valence-corrected chi connectivity index (χ2v) is 8.31. The molecule has 8 nitrogen and oxygen atoms in total. The first kappa shape index (κ1) is 19.9. The number of aromatic amines is 1. The van der Waals surface area contributed by atoms with E-state index in [1.165, 1.54) is 5.56 Å². The van der Waals surface area contributed by atoms with Gasteiger partial charge < -0.3 is 14.6 Å². The number of hydrogen-bond acceptors (Lipinski definition) is 7. The zero-order chi connectivity index (χ0) is 21.2. The summed E-state index contributed by atoms with van der Waals surface area (Å²) in [4.78, 5) is 26.0. The molecule has 1 aliphatic heterocycles. The van der Waals surface area contributed by atoms with Gasteiger partial charge in [0.1, 0.15) is 11.3 Å². The van der Waals surface area contributed by atoms with Crippen LogP contribution in [0.5, 0.6) is 5.88 Å². The number of nitrogens with one attached hydrogen (secondary N) is 1. The molecule has 0 unspecified atom stereocenters. The summed E-state index contributed by atoms with van der Waals surface area (Å²) >= 11 is 3.70. The van der Waals surface area contributed by atoms with Gasteiger partial charge >= 0.3 is 0 Å². The molecule has 4 aromatic heterocycles. The smallest absolute Gasteiger partial charge is 0.212 e. The minimum Gasteiger partial charge on any atom is -0.481 e. The van der Waals surface area contributed by atoms with Gasteiger partial charge in [0.05, 0.1) is 17.3 Å². The van der Waals surface area contributed by atoms with E-state index in [1.807, 2.05) is 36.8 Å². The number of aromatic nitrogens is 5. The van der Waals surface area contributed by atoms with Crippen molar-refractivity contribution in [3.63, 3.8) is 0 Å². The lowest BCUT2D eigenvalue weighted by Gasteiger charge is -2.36. The van der Waals surface area contributed by atoms with Gasteiger partial charge in [-0.2, -0.15) is 0 Å². The standard InChI is InChI=1S/C22H22BrN7O/c1-31-18-5-4-16(12-25-18)21-27-19-20(17(23)13-26-22(19)28-21)30-9-7-29(8-10-30)14-15-3-2-6-24-11-15/h2-6,11-13H,7-10,14H2,1H3,(H,26,27,28). The Morgan fingerprint density at radius 2 is 1.94 bits per heavy atom. The summed E-state index contributed by atoms with van der Waals surface area (Å²) < 4.78 is 6.11. The predicted molar refractivity (Wildman–Crippen MR) is 123 cm³/mol. The van der Waals surface area contributed by atoms with Crippen molar-refractivity contribution in [3.05, 3.63) is 59.1 Å². The molecule has 0 aliphatic carbocycles. The van der Waals surface area contributed by atoms with Crippen LogP contribution in [0, 0.1) is 0 Å². The third kappa shape index (κ3) is 4.11. The fourth-order valence-electron chi connectivity index (χ4n) is 3.89. The first-order chi connectivity index (χ1) is 15.2. The van der Waals surface area contributed by atoms with Gasteiger partial charge in [-0.05, 0) is 33.6 Å².